The van der Waals surface area contributed by atoms with Crippen LogP contribution in [0.5, 0.6) is 0 Å². The van der Waals surface area contributed by atoms with E-state index in [2.05, 4.69) is 235 Å². The van der Waals surface area contributed by atoms with Gasteiger partial charge in [0, 0.05) is 33.1 Å². The molecular weight excluding hydrogens is 751 g/mol. The van der Waals surface area contributed by atoms with Crippen molar-refractivity contribution in [2.75, 3.05) is 4.90 Å². The van der Waals surface area contributed by atoms with Gasteiger partial charge in [0.25, 0.3) is 0 Å². The number of hydrogen-bond acceptors (Lipinski definition) is 2. The van der Waals surface area contributed by atoms with E-state index in [-0.39, 0.29) is 0 Å². The van der Waals surface area contributed by atoms with E-state index in [0.29, 0.717) is 0 Å². The number of furan rings is 1. The molecule has 0 saturated carbocycles. The van der Waals surface area contributed by atoms with Crippen LogP contribution >= 0.6 is 0 Å². The lowest BCUT2D eigenvalue weighted by Crippen LogP contribution is -2.11. The predicted molar refractivity (Wildman–Crippen MR) is 263 cm³/mol. The number of hydrogen-bond donors (Lipinski definition) is 0. The standard InChI is InChI=1S/C60H39NO/c1-4-21-49-41(14-1)17-12-26-51(49)43-32-36-48(37-33-43)61(47-34-30-40(31-35-47)44-19-11-20-45(38-44)52-27-13-18-42-15-2-5-22-50(42)52)57-28-9-7-24-54(57)56-39-46-16-3-6-23-53(46)60-59(56)55-25-8-10-29-58(55)62-60/h1-39H. The molecule has 0 radical (unpaired) electrons. The first-order chi connectivity index (χ1) is 30.7. The lowest BCUT2D eigenvalue weighted by Gasteiger charge is -2.28. The molecular formula is C60H39NO. The summed E-state index contributed by atoms with van der Waals surface area (Å²) >= 11 is 0. The zero-order valence-electron chi connectivity index (χ0n) is 33.9. The summed E-state index contributed by atoms with van der Waals surface area (Å²) in [6.07, 6.45) is 0. The smallest absolute Gasteiger partial charge is 0.143 e. The second-order valence-corrected chi connectivity index (χ2v) is 16.0. The van der Waals surface area contributed by atoms with Crippen molar-refractivity contribution in [1.29, 1.82) is 0 Å². The Hall–Kier alpha value is -8.20. The van der Waals surface area contributed by atoms with E-state index in [1.165, 1.54) is 49.4 Å². The summed E-state index contributed by atoms with van der Waals surface area (Å²) in [7, 11) is 0. The second kappa shape index (κ2) is 14.8. The molecule has 0 aliphatic rings. The maximum atomic E-state index is 6.68. The molecule has 2 nitrogen and oxygen atoms in total. The molecule has 290 valence electrons. The fourth-order valence-electron chi connectivity index (χ4n) is 9.51. The van der Waals surface area contributed by atoms with Gasteiger partial charge in [-0.3, -0.25) is 0 Å². The number of anilines is 3. The van der Waals surface area contributed by atoms with Crippen LogP contribution < -0.4 is 4.90 Å². The molecule has 0 N–H and O–H groups in total. The molecule has 0 bridgehead atoms. The Morgan fingerprint density at radius 1 is 0.290 bits per heavy atom. The second-order valence-electron chi connectivity index (χ2n) is 16.0. The van der Waals surface area contributed by atoms with Crippen LogP contribution in [0, 0.1) is 0 Å². The highest BCUT2D eigenvalue weighted by molar-refractivity contribution is 6.22. The highest BCUT2D eigenvalue weighted by Gasteiger charge is 2.22. The maximum absolute atomic E-state index is 6.68. The van der Waals surface area contributed by atoms with Crippen molar-refractivity contribution in [3.8, 4) is 44.5 Å². The third-order valence-electron chi connectivity index (χ3n) is 12.5. The molecule has 12 aromatic rings. The van der Waals surface area contributed by atoms with Gasteiger partial charge in [-0.2, -0.15) is 0 Å². The number of nitrogens with zero attached hydrogens (tertiary/aromatic N) is 1. The summed E-state index contributed by atoms with van der Waals surface area (Å²) in [5, 5.41) is 9.48. The van der Waals surface area contributed by atoms with Crippen molar-refractivity contribution in [1.82, 2.24) is 0 Å². The molecule has 0 fully saturated rings. The van der Waals surface area contributed by atoms with Gasteiger partial charge >= 0.3 is 0 Å². The Morgan fingerprint density at radius 2 is 0.790 bits per heavy atom. The molecule has 11 aromatic carbocycles. The van der Waals surface area contributed by atoms with Crippen LogP contribution in [0.3, 0.4) is 0 Å². The summed E-state index contributed by atoms with van der Waals surface area (Å²) in [5.41, 5.74) is 14.5. The van der Waals surface area contributed by atoms with E-state index in [1.54, 1.807) is 0 Å². The van der Waals surface area contributed by atoms with Crippen molar-refractivity contribution in [3.05, 3.63) is 237 Å². The van der Waals surface area contributed by atoms with E-state index in [9.17, 15) is 0 Å². The van der Waals surface area contributed by atoms with Gasteiger partial charge in [-0.15, -0.1) is 0 Å². The summed E-state index contributed by atoms with van der Waals surface area (Å²) in [6.45, 7) is 0. The largest absolute Gasteiger partial charge is 0.455 e. The first-order valence-corrected chi connectivity index (χ1v) is 21.2. The Kier molecular flexibility index (Phi) is 8.53. The van der Waals surface area contributed by atoms with E-state index in [1.807, 2.05) is 6.07 Å². The Balaban J connectivity index is 1.02. The van der Waals surface area contributed by atoms with Gasteiger partial charge in [-0.25, -0.2) is 0 Å². The molecule has 0 unspecified atom stereocenters. The van der Waals surface area contributed by atoms with Gasteiger partial charge in [0.2, 0.25) is 0 Å². The van der Waals surface area contributed by atoms with Crippen molar-refractivity contribution < 1.29 is 4.42 Å². The van der Waals surface area contributed by atoms with Gasteiger partial charge in [0.15, 0.2) is 0 Å². The van der Waals surface area contributed by atoms with Crippen LogP contribution in [0.25, 0.3) is 98.8 Å². The lowest BCUT2D eigenvalue weighted by atomic mass is 9.93. The van der Waals surface area contributed by atoms with Gasteiger partial charge < -0.3 is 9.32 Å². The lowest BCUT2D eigenvalue weighted by molar-refractivity contribution is 0.673. The van der Waals surface area contributed by atoms with E-state index in [4.69, 9.17) is 4.42 Å². The third-order valence-corrected chi connectivity index (χ3v) is 12.5. The van der Waals surface area contributed by atoms with Gasteiger partial charge in [-0.1, -0.05) is 188 Å². The van der Waals surface area contributed by atoms with Crippen molar-refractivity contribution >= 4 is 71.3 Å². The maximum Gasteiger partial charge on any atom is 0.143 e. The van der Waals surface area contributed by atoms with Crippen LogP contribution in [0.1, 0.15) is 0 Å². The third kappa shape index (κ3) is 6.04. The summed E-state index contributed by atoms with van der Waals surface area (Å²) in [5.74, 6) is 0. The SMILES string of the molecule is c1cc(-c2ccc(N(c3ccc(-c4cccc5ccccc45)cc3)c3ccccc3-c3cc4ccccc4c4oc5ccccc5c34)cc2)cc(-c2cccc3ccccc23)c1. The minimum absolute atomic E-state index is 0.888. The molecule has 2 heteroatoms. The van der Waals surface area contributed by atoms with Gasteiger partial charge in [0.05, 0.1) is 5.69 Å². The van der Waals surface area contributed by atoms with Crippen LogP contribution in [0.2, 0.25) is 0 Å². The minimum Gasteiger partial charge on any atom is -0.455 e. The Labute approximate surface area is 360 Å². The average molecular weight is 790 g/mol. The molecule has 0 atom stereocenters. The summed E-state index contributed by atoms with van der Waals surface area (Å²) in [6, 6.07) is 85.5. The van der Waals surface area contributed by atoms with Crippen LogP contribution in [0.4, 0.5) is 17.1 Å². The summed E-state index contributed by atoms with van der Waals surface area (Å²) < 4.78 is 6.68. The first-order valence-electron chi connectivity index (χ1n) is 21.2. The highest BCUT2D eigenvalue weighted by atomic mass is 16.3. The highest BCUT2D eigenvalue weighted by Crippen LogP contribution is 2.47. The summed E-state index contributed by atoms with van der Waals surface area (Å²) in [4.78, 5) is 2.40. The molecule has 62 heavy (non-hydrogen) atoms. The molecule has 0 amide bonds. The fraction of sp³-hybridized carbons (Fsp3) is 0. The quantitative estimate of drug-likeness (QED) is 0.160. The van der Waals surface area contributed by atoms with Gasteiger partial charge in [-0.05, 0) is 114 Å². The fourth-order valence-corrected chi connectivity index (χ4v) is 9.51. The Morgan fingerprint density at radius 3 is 1.50 bits per heavy atom. The molecule has 1 heterocycles. The van der Waals surface area contributed by atoms with Gasteiger partial charge in [0.1, 0.15) is 11.2 Å². The number of rotatable bonds is 7. The van der Waals surface area contributed by atoms with Crippen molar-refractivity contribution in [3.63, 3.8) is 0 Å². The van der Waals surface area contributed by atoms with Crippen LogP contribution in [-0.4, -0.2) is 0 Å². The van der Waals surface area contributed by atoms with E-state index in [0.717, 1.165) is 66.5 Å². The number of benzene rings is 11. The number of para-hydroxylation sites is 2. The van der Waals surface area contributed by atoms with Crippen LogP contribution in [0.15, 0.2) is 241 Å². The first kappa shape index (κ1) is 35.7. The predicted octanol–water partition coefficient (Wildman–Crippen LogP) is 17.2. The molecule has 0 aliphatic carbocycles. The molecule has 0 spiro atoms. The number of fused-ring (bicyclic) bond motifs is 7. The van der Waals surface area contributed by atoms with E-state index >= 15 is 0 Å². The molecule has 1 aromatic heterocycles. The Bertz CT molecular complexity index is 3620. The normalized spacial score (nSPS) is 11.5. The molecule has 0 saturated heterocycles. The zero-order valence-corrected chi connectivity index (χ0v) is 33.9. The van der Waals surface area contributed by atoms with E-state index < -0.39 is 0 Å². The molecule has 0 aliphatic heterocycles. The van der Waals surface area contributed by atoms with Crippen LogP contribution in [-0.2, 0) is 0 Å². The monoisotopic (exact) mass is 789 g/mol. The van der Waals surface area contributed by atoms with Crippen molar-refractivity contribution in [2.24, 2.45) is 0 Å². The topological polar surface area (TPSA) is 16.4 Å². The molecule has 12 rings (SSSR count). The average Bonchev–Trinajstić information content (AvgIpc) is 3.74. The zero-order chi connectivity index (χ0) is 41.0. The minimum atomic E-state index is 0.888. The van der Waals surface area contributed by atoms with Crippen molar-refractivity contribution in [2.45, 2.75) is 0 Å².